The van der Waals surface area contributed by atoms with Gasteiger partial charge in [0.15, 0.2) is 0 Å². The topological polar surface area (TPSA) is 67.4 Å². The number of amides is 2. The van der Waals surface area contributed by atoms with Gasteiger partial charge >= 0.3 is 0 Å². The molecule has 1 unspecified atom stereocenters. The molecule has 1 heterocycles. The van der Waals surface area contributed by atoms with Crippen molar-refractivity contribution in [1.82, 2.24) is 10.6 Å². The Balaban J connectivity index is 1.33. The van der Waals surface area contributed by atoms with E-state index in [9.17, 15) is 14.0 Å². The van der Waals surface area contributed by atoms with Crippen LogP contribution >= 0.6 is 0 Å². The van der Waals surface area contributed by atoms with Crippen molar-refractivity contribution in [3.63, 3.8) is 0 Å². The third-order valence-corrected chi connectivity index (χ3v) is 5.65. The molecule has 1 aromatic rings. The van der Waals surface area contributed by atoms with E-state index in [4.69, 9.17) is 4.74 Å². The van der Waals surface area contributed by atoms with E-state index in [0.29, 0.717) is 25.1 Å². The first-order valence-electron chi connectivity index (χ1n) is 10.0. The largest absolute Gasteiger partial charge is 0.376 e. The number of carbonyl (C=O) groups is 2. The van der Waals surface area contributed by atoms with Gasteiger partial charge in [0.25, 0.3) is 0 Å². The second-order valence-corrected chi connectivity index (χ2v) is 7.56. The van der Waals surface area contributed by atoms with Crippen molar-refractivity contribution in [3.05, 3.63) is 35.6 Å². The molecule has 2 aliphatic rings. The van der Waals surface area contributed by atoms with Crippen LogP contribution in [0.15, 0.2) is 24.3 Å². The van der Waals surface area contributed by atoms with Crippen LogP contribution in [0.1, 0.15) is 44.1 Å². The van der Waals surface area contributed by atoms with Gasteiger partial charge in [-0.3, -0.25) is 9.59 Å². The van der Waals surface area contributed by atoms with Crippen molar-refractivity contribution >= 4 is 11.8 Å². The summed E-state index contributed by atoms with van der Waals surface area (Å²) in [5.74, 6) is -0.184. The summed E-state index contributed by atoms with van der Waals surface area (Å²) >= 11 is 0. The van der Waals surface area contributed by atoms with E-state index >= 15 is 0 Å². The first-order valence-corrected chi connectivity index (χ1v) is 10.0. The molecule has 1 saturated heterocycles. The molecular formula is C21H29FN2O3. The molecule has 27 heavy (non-hydrogen) atoms. The molecule has 2 fully saturated rings. The summed E-state index contributed by atoms with van der Waals surface area (Å²) in [6, 6.07) is 6.63. The zero-order chi connectivity index (χ0) is 19.1. The summed E-state index contributed by atoms with van der Waals surface area (Å²) in [4.78, 5) is 24.6. The van der Waals surface area contributed by atoms with Crippen molar-refractivity contribution in [2.75, 3.05) is 19.7 Å². The molecule has 5 nitrogen and oxygen atoms in total. The average molecular weight is 376 g/mol. The third kappa shape index (κ3) is 5.76. The molecule has 6 heteroatoms. The maximum atomic E-state index is 13.6. The van der Waals surface area contributed by atoms with Gasteiger partial charge in [0.05, 0.1) is 6.10 Å². The van der Waals surface area contributed by atoms with Crippen molar-refractivity contribution < 1.29 is 18.7 Å². The molecule has 1 saturated carbocycles. The van der Waals surface area contributed by atoms with E-state index in [1.165, 1.54) is 6.07 Å². The first kappa shape index (κ1) is 19.8. The molecule has 1 aliphatic heterocycles. The minimum absolute atomic E-state index is 0.00568. The quantitative estimate of drug-likeness (QED) is 0.769. The molecule has 2 N–H and O–H groups in total. The lowest BCUT2D eigenvalue weighted by Crippen LogP contribution is -2.40. The Hall–Kier alpha value is -1.95. The normalized spacial score (nSPS) is 25.1. The van der Waals surface area contributed by atoms with Gasteiger partial charge < -0.3 is 15.4 Å². The van der Waals surface area contributed by atoms with Gasteiger partial charge in [0, 0.05) is 31.5 Å². The van der Waals surface area contributed by atoms with Gasteiger partial charge in [-0.05, 0) is 56.6 Å². The van der Waals surface area contributed by atoms with Crippen LogP contribution in [0.4, 0.5) is 4.39 Å². The lowest BCUT2D eigenvalue weighted by Gasteiger charge is -2.27. The molecule has 0 radical (unpaired) electrons. The fourth-order valence-corrected chi connectivity index (χ4v) is 3.95. The molecule has 0 aromatic heterocycles. The minimum Gasteiger partial charge on any atom is -0.376 e. The first-order chi connectivity index (χ1) is 13.1. The summed E-state index contributed by atoms with van der Waals surface area (Å²) < 4.78 is 19.1. The molecule has 1 atom stereocenters. The number of ether oxygens (including phenoxy) is 1. The Kier molecular flexibility index (Phi) is 7.21. The highest BCUT2D eigenvalue weighted by atomic mass is 19.1. The van der Waals surface area contributed by atoms with Crippen molar-refractivity contribution in [2.24, 2.45) is 11.8 Å². The fraction of sp³-hybridized carbons (Fsp3) is 0.619. The molecule has 2 amide bonds. The third-order valence-electron chi connectivity index (χ3n) is 5.65. The van der Waals surface area contributed by atoms with Gasteiger partial charge in [-0.25, -0.2) is 4.39 Å². The summed E-state index contributed by atoms with van der Waals surface area (Å²) in [6.45, 7) is 1.81. The Morgan fingerprint density at radius 3 is 2.30 bits per heavy atom. The zero-order valence-electron chi connectivity index (χ0n) is 15.7. The number of hydrogen-bond acceptors (Lipinski definition) is 3. The van der Waals surface area contributed by atoms with Crippen molar-refractivity contribution in [3.8, 4) is 0 Å². The van der Waals surface area contributed by atoms with Gasteiger partial charge in [0.1, 0.15) is 5.82 Å². The van der Waals surface area contributed by atoms with Crippen LogP contribution in [0.2, 0.25) is 0 Å². The van der Waals surface area contributed by atoms with Gasteiger partial charge in [-0.2, -0.15) is 0 Å². The Morgan fingerprint density at radius 1 is 1.00 bits per heavy atom. The van der Waals surface area contributed by atoms with Crippen molar-refractivity contribution in [1.29, 1.82) is 0 Å². The number of halogens is 1. The second-order valence-electron chi connectivity index (χ2n) is 7.56. The van der Waals surface area contributed by atoms with E-state index in [-0.39, 0.29) is 35.6 Å². The predicted octanol–water partition coefficient (Wildman–Crippen LogP) is 2.59. The standard InChI is InChI=1S/C21H29FN2O3/c22-19-6-2-1-4-15(19)11-12-23-20(25)16-7-9-17(10-8-16)21(26)24-14-18-5-3-13-27-18/h1-2,4,6,16-18H,3,5,7-14H2,(H,23,25)(H,24,26). The average Bonchev–Trinajstić information content (AvgIpc) is 3.21. The number of hydrogen-bond donors (Lipinski definition) is 2. The van der Waals surface area contributed by atoms with E-state index in [1.807, 2.05) is 0 Å². The summed E-state index contributed by atoms with van der Waals surface area (Å²) in [5.41, 5.74) is 0.615. The SMILES string of the molecule is O=C(NCCc1ccccc1F)C1CCC(C(=O)NCC2CCCO2)CC1. The summed E-state index contributed by atoms with van der Waals surface area (Å²) in [7, 11) is 0. The van der Waals surface area contributed by atoms with E-state index in [0.717, 1.165) is 45.1 Å². The highest BCUT2D eigenvalue weighted by molar-refractivity contribution is 5.81. The molecule has 148 valence electrons. The van der Waals surface area contributed by atoms with Gasteiger partial charge in [0.2, 0.25) is 11.8 Å². The smallest absolute Gasteiger partial charge is 0.223 e. The molecule has 0 spiro atoms. The van der Waals surface area contributed by atoms with E-state index < -0.39 is 0 Å². The van der Waals surface area contributed by atoms with Crippen LogP contribution in [0.3, 0.4) is 0 Å². The Bertz CT molecular complexity index is 638. The lowest BCUT2D eigenvalue weighted by molar-refractivity contribution is -0.130. The van der Waals surface area contributed by atoms with Gasteiger partial charge in [-0.15, -0.1) is 0 Å². The number of nitrogens with one attached hydrogen (secondary N) is 2. The second kappa shape index (κ2) is 9.83. The number of rotatable bonds is 7. The number of benzene rings is 1. The van der Waals surface area contributed by atoms with Crippen LogP contribution in [-0.4, -0.2) is 37.6 Å². The van der Waals surface area contributed by atoms with Crippen LogP contribution in [-0.2, 0) is 20.7 Å². The highest BCUT2D eigenvalue weighted by Gasteiger charge is 2.30. The van der Waals surface area contributed by atoms with Crippen molar-refractivity contribution in [2.45, 2.75) is 51.0 Å². The zero-order valence-corrected chi connectivity index (χ0v) is 15.7. The fourth-order valence-electron chi connectivity index (χ4n) is 3.95. The Labute approximate surface area is 160 Å². The maximum Gasteiger partial charge on any atom is 0.223 e. The van der Waals surface area contributed by atoms with E-state index in [1.54, 1.807) is 18.2 Å². The molecule has 1 aliphatic carbocycles. The van der Waals surface area contributed by atoms with Crippen LogP contribution in [0, 0.1) is 17.7 Å². The number of carbonyl (C=O) groups excluding carboxylic acids is 2. The molecule has 1 aromatic carbocycles. The summed E-state index contributed by atoms with van der Waals surface area (Å²) in [5, 5.41) is 5.91. The molecular weight excluding hydrogens is 347 g/mol. The van der Waals surface area contributed by atoms with Crippen LogP contribution < -0.4 is 10.6 Å². The predicted molar refractivity (Wildman–Crippen MR) is 101 cm³/mol. The molecule has 3 rings (SSSR count). The lowest BCUT2D eigenvalue weighted by atomic mass is 9.81. The van der Waals surface area contributed by atoms with Crippen LogP contribution in [0.25, 0.3) is 0 Å². The van der Waals surface area contributed by atoms with E-state index in [2.05, 4.69) is 10.6 Å². The summed E-state index contributed by atoms with van der Waals surface area (Å²) in [6.07, 6.45) is 5.65. The molecule has 0 bridgehead atoms. The monoisotopic (exact) mass is 376 g/mol. The highest BCUT2D eigenvalue weighted by Crippen LogP contribution is 2.29. The minimum atomic E-state index is -0.235. The van der Waals surface area contributed by atoms with Crippen LogP contribution in [0.5, 0.6) is 0 Å². The Morgan fingerprint density at radius 2 is 1.67 bits per heavy atom. The van der Waals surface area contributed by atoms with Gasteiger partial charge in [-0.1, -0.05) is 18.2 Å². The maximum absolute atomic E-state index is 13.6.